The third-order valence-corrected chi connectivity index (χ3v) is 7.60. The number of thioether (sulfide) groups is 1. The van der Waals surface area contributed by atoms with E-state index in [0.717, 1.165) is 33.6 Å². The summed E-state index contributed by atoms with van der Waals surface area (Å²) >= 11 is 1.49. The van der Waals surface area contributed by atoms with Crippen LogP contribution in [0.4, 0.5) is 16.2 Å². The molecule has 6 rings (SSSR count). The molecule has 1 aromatic carbocycles. The molecule has 0 aliphatic carbocycles. The van der Waals surface area contributed by atoms with E-state index in [1.807, 2.05) is 28.8 Å². The smallest absolute Gasteiger partial charge is 0.414 e. The summed E-state index contributed by atoms with van der Waals surface area (Å²) < 4.78 is 7.42. The normalized spacial score (nSPS) is 21.0. The van der Waals surface area contributed by atoms with Crippen LogP contribution in [0.3, 0.4) is 0 Å². The number of benzene rings is 1. The Morgan fingerprint density at radius 3 is 3.00 bits per heavy atom. The molecule has 3 aliphatic rings. The van der Waals surface area contributed by atoms with Crippen LogP contribution in [0.5, 0.6) is 0 Å². The Morgan fingerprint density at radius 2 is 2.09 bits per heavy atom. The van der Waals surface area contributed by atoms with Gasteiger partial charge in [-0.25, -0.2) is 4.79 Å². The predicted molar refractivity (Wildman–Crippen MR) is 130 cm³/mol. The molecular formula is C24H23N5O4S. The first-order valence-corrected chi connectivity index (χ1v) is 12.3. The minimum Gasteiger partial charge on any atom is -0.444 e. The van der Waals surface area contributed by atoms with Crippen LogP contribution in [0.2, 0.25) is 0 Å². The van der Waals surface area contributed by atoms with E-state index in [1.54, 1.807) is 23.2 Å². The molecule has 3 aromatic rings. The molecule has 2 N–H and O–H groups in total. The van der Waals surface area contributed by atoms with E-state index < -0.39 is 0 Å². The highest BCUT2D eigenvalue weighted by molar-refractivity contribution is 8.00. The summed E-state index contributed by atoms with van der Waals surface area (Å²) in [7, 11) is 0. The maximum Gasteiger partial charge on any atom is 0.414 e. The van der Waals surface area contributed by atoms with Gasteiger partial charge in [-0.05, 0) is 55.3 Å². The second-order valence-electron chi connectivity index (χ2n) is 8.73. The van der Waals surface area contributed by atoms with Gasteiger partial charge < -0.3 is 19.9 Å². The summed E-state index contributed by atoms with van der Waals surface area (Å²) in [6.45, 7) is 1.78. The van der Waals surface area contributed by atoms with Crippen molar-refractivity contribution in [3.05, 3.63) is 58.5 Å². The largest absolute Gasteiger partial charge is 0.444 e. The summed E-state index contributed by atoms with van der Waals surface area (Å²) in [4.78, 5) is 43.6. The fraction of sp³-hybridized carbons (Fsp3) is 0.333. The van der Waals surface area contributed by atoms with Crippen molar-refractivity contribution in [2.24, 2.45) is 0 Å². The Labute approximate surface area is 199 Å². The second-order valence-corrected chi connectivity index (χ2v) is 9.75. The topological polar surface area (TPSA) is 106 Å². The summed E-state index contributed by atoms with van der Waals surface area (Å²) in [5.74, 6) is 0.364. The Hall–Kier alpha value is -3.37. The van der Waals surface area contributed by atoms with Crippen molar-refractivity contribution >= 4 is 46.2 Å². The monoisotopic (exact) mass is 477 g/mol. The van der Waals surface area contributed by atoms with E-state index in [-0.39, 0.29) is 29.7 Å². The number of nitrogens with one attached hydrogen (secondary N) is 2. The predicted octanol–water partition coefficient (Wildman–Crippen LogP) is 2.54. The van der Waals surface area contributed by atoms with Crippen molar-refractivity contribution in [2.75, 3.05) is 35.6 Å². The average molecular weight is 478 g/mol. The Morgan fingerprint density at radius 1 is 1.18 bits per heavy atom. The number of anilines is 2. The highest BCUT2D eigenvalue weighted by Gasteiger charge is 2.33. The molecule has 2 aromatic heterocycles. The van der Waals surface area contributed by atoms with E-state index in [4.69, 9.17) is 4.74 Å². The van der Waals surface area contributed by atoms with Crippen LogP contribution < -0.4 is 21.1 Å². The molecule has 5 heterocycles. The lowest BCUT2D eigenvalue weighted by atomic mass is 10.1. The Kier molecular flexibility index (Phi) is 5.26. The summed E-state index contributed by atoms with van der Waals surface area (Å²) in [5.41, 5.74) is 4.36. The van der Waals surface area contributed by atoms with Crippen molar-refractivity contribution in [1.82, 2.24) is 14.9 Å². The van der Waals surface area contributed by atoms with Gasteiger partial charge in [-0.15, -0.1) is 11.8 Å². The molecule has 174 valence electrons. The third kappa shape index (κ3) is 3.72. The lowest BCUT2D eigenvalue weighted by Crippen LogP contribution is -2.32. The first-order chi connectivity index (χ1) is 16.6. The Balaban J connectivity index is 1.05. The minimum atomic E-state index is -0.378. The van der Waals surface area contributed by atoms with Gasteiger partial charge in [-0.1, -0.05) is 0 Å². The van der Waals surface area contributed by atoms with Crippen LogP contribution >= 0.6 is 11.8 Å². The highest BCUT2D eigenvalue weighted by Crippen LogP contribution is 2.35. The number of amides is 2. The number of carbonyl (C=O) groups excluding carboxylic acids is 2. The van der Waals surface area contributed by atoms with Crippen LogP contribution in [0, 0.1) is 0 Å². The number of carbonyl (C=O) groups is 2. The van der Waals surface area contributed by atoms with Gasteiger partial charge in [0.25, 0.3) is 5.56 Å². The molecule has 3 aliphatic heterocycles. The lowest BCUT2D eigenvalue weighted by Gasteiger charge is -2.20. The van der Waals surface area contributed by atoms with Gasteiger partial charge in [-0.3, -0.25) is 19.5 Å². The van der Waals surface area contributed by atoms with Gasteiger partial charge in [0.2, 0.25) is 5.91 Å². The van der Waals surface area contributed by atoms with Gasteiger partial charge >= 0.3 is 6.09 Å². The summed E-state index contributed by atoms with van der Waals surface area (Å²) in [6.07, 6.45) is 2.65. The van der Waals surface area contributed by atoms with Gasteiger partial charge in [0.15, 0.2) is 0 Å². The first kappa shape index (κ1) is 21.2. The van der Waals surface area contributed by atoms with Crippen molar-refractivity contribution in [2.45, 2.75) is 29.9 Å². The van der Waals surface area contributed by atoms with Crippen LogP contribution in [0.1, 0.15) is 18.0 Å². The highest BCUT2D eigenvalue weighted by atomic mass is 32.2. The summed E-state index contributed by atoms with van der Waals surface area (Å²) in [6, 6.07) is 11.0. The molecule has 0 saturated carbocycles. The van der Waals surface area contributed by atoms with Crippen molar-refractivity contribution in [1.29, 1.82) is 0 Å². The van der Waals surface area contributed by atoms with Crippen molar-refractivity contribution < 1.29 is 14.3 Å². The molecule has 2 atom stereocenters. The number of hydrogen-bond donors (Lipinski definition) is 2. The fourth-order valence-electron chi connectivity index (χ4n) is 4.94. The van der Waals surface area contributed by atoms with Gasteiger partial charge in [0, 0.05) is 29.4 Å². The van der Waals surface area contributed by atoms with E-state index in [9.17, 15) is 14.4 Å². The molecule has 1 saturated heterocycles. The van der Waals surface area contributed by atoms with E-state index >= 15 is 0 Å². The number of pyridine rings is 2. The summed E-state index contributed by atoms with van der Waals surface area (Å²) in [5, 5.41) is 6.29. The SMILES string of the molecule is O=C1CSc2ccc(N3C[C@@H](CCNC[C@@H]4Cc5ccnc6ccc(=O)n4c56)OC3=O)cc2N1. The fourth-order valence-corrected chi connectivity index (χ4v) is 5.73. The standard InChI is InChI=1S/C24H23N5O4S/c30-21-13-34-20-3-1-15(10-19(20)27-21)28-12-17(33-24(28)32)6-7-25-11-16-9-14-5-8-26-18-2-4-22(31)29(16)23(14)18/h1-5,8,10,16-17,25H,6-7,9,11-13H2,(H,27,30)/t16-,17+/m0/s1. The zero-order valence-electron chi connectivity index (χ0n) is 18.3. The third-order valence-electron chi connectivity index (χ3n) is 6.52. The molecule has 0 unspecified atom stereocenters. The minimum absolute atomic E-state index is 0.00828. The van der Waals surface area contributed by atoms with Crippen LogP contribution in [0.15, 0.2) is 52.3 Å². The molecule has 9 nitrogen and oxygen atoms in total. The molecule has 0 bridgehead atoms. The molecular weight excluding hydrogens is 454 g/mol. The number of hydrogen-bond acceptors (Lipinski definition) is 7. The number of aromatic nitrogens is 2. The van der Waals surface area contributed by atoms with Gasteiger partial charge in [0.1, 0.15) is 6.10 Å². The number of cyclic esters (lactones) is 1. The number of fused-ring (bicyclic) bond motifs is 1. The molecule has 1 fully saturated rings. The molecule has 10 heteroatoms. The van der Waals surface area contributed by atoms with E-state index in [0.29, 0.717) is 37.5 Å². The Bertz CT molecular complexity index is 1370. The van der Waals surface area contributed by atoms with Crippen molar-refractivity contribution in [3.63, 3.8) is 0 Å². The number of nitrogens with zero attached hydrogens (tertiary/aromatic N) is 3. The molecule has 0 radical (unpaired) electrons. The van der Waals surface area contributed by atoms with Crippen LogP contribution in [-0.4, -0.2) is 53.0 Å². The first-order valence-electron chi connectivity index (χ1n) is 11.3. The maximum absolute atomic E-state index is 12.5. The molecule has 34 heavy (non-hydrogen) atoms. The molecule has 2 amide bonds. The van der Waals surface area contributed by atoms with Crippen molar-refractivity contribution in [3.8, 4) is 0 Å². The van der Waals surface area contributed by atoms with Crippen LogP contribution in [-0.2, 0) is 16.0 Å². The number of ether oxygens (including phenoxy) is 1. The lowest BCUT2D eigenvalue weighted by molar-refractivity contribution is -0.113. The quantitative estimate of drug-likeness (QED) is 0.526. The van der Waals surface area contributed by atoms with Gasteiger partial charge in [-0.2, -0.15) is 0 Å². The van der Waals surface area contributed by atoms with Gasteiger partial charge in [0.05, 0.1) is 35.1 Å². The average Bonchev–Trinajstić information content (AvgIpc) is 3.40. The van der Waals surface area contributed by atoms with Crippen LogP contribution in [0.25, 0.3) is 11.0 Å². The second kappa shape index (κ2) is 8.44. The zero-order valence-corrected chi connectivity index (χ0v) is 19.1. The van der Waals surface area contributed by atoms with E-state index in [1.165, 1.54) is 11.8 Å². The zero-order chi connectivity index (χ0) is 23.2. The van der Waals surface area contributed by atoms with E-state index in [2.05, 4.69) is 15.6 Å². The maximum atomic E-state index is 12.5. The number of rotatable bonds is 6. The molecule has 0 spiro atoms.